The van der Waals surface area contributed by atoms with Crippen molar-refractivity contribution in [3.8, 4) is 0 Å². The van der Waals surface area contributed by atoms with Gasteiger partial charge < -0.3 is 5.32 Å². The predicted molar refractivity (Wildman–Crippen MR) is 90.8 cm³/mol. The van der Waals surface area contributed by atoms with Gasteiger partial charge in [-0.2, -0.15) is 0 Å². The number of carbonyl (C=O) groups is 1. The minimum atomic E-state index is -0.640. The van der Waals surface area contributed by atoms with E-state index >= 15 is 0 Å². The molecule has 2 aromatic carbocycles. The molecular formula is C17H14Cl3NO. The summed E-state index contributed by atoms with van der Waals surface area (Å²) >= 11 is 18.8. The van der Waals surface area contributed by atoms with Gasteiger partial charge in [0.05, 0.1) is 6.04 Å². The Hall–Kier alpha value is -1.06. The van der Waals surface area contributed by atoms with Crippen LogP contribution in [0.4, 0.5) is 0 Å². The van der Waals surface area contributed by atoms with Crippen molar-refractivity contribution in [2.24, 2.45) is 0 Å². The van der Waals surface area contributed by atoms with Crippen molar-refractivity contribution in [1.29, 1.82) is 0 Å². The van der Waals surface area contributed by atoms with Crippen LogP contribution in [0, 0.1) is 0 Å². The number of nitrogens with one attached hydrogen (secondary N) is 1. The lowest BCUT2D eigenvalue weighted by molar-refractivity contribution is -0.121. The average Bonchev–Trinajstić information content (AvgIpc) is 2.51. The summed E-state index contributed by atoms with van der Waals surface area (Å²) in [5.74, 6) is -0.00439. The minimum Gasteiger partial charge on any atom is -0.301 e. The maximum atomic E-state index is 12.3. The molecule has 1 aliphatic heterocycles. The molecule has 0 spiro atoms. The van der Waals surface area contributed by atoms with Crippen LogP contribution in [0.2, 0.25) is 10.0 Å². The summed E-state index contributed by atoms with van der Waals surface area (Å²) in [6.07, 6.45) is 0.318. The summed E-state index contributed by atoms with van der Waals surface area (Å²) in [6.45, 7) is 0. The van der Waals surface area contributed by atoms with Crippen molar-refractivity contribution in [2.45, 2.75) is 23.9 Å². The fourth-order valence-electron chi connectivity index (χ4n) is 2.79. The van der Waals surface area contributed by atoms with Gasteiger partial charge >= 0.3 is 0 Å². The van der Waals surface area contributed by atoms with Crippen LogP contribution in [0.3, 0.4) is 0 Å². The summed E-state index contributed by atoms with van der Waals surface area (Å²) < 4.78 is 0. The summed E-state index contributed by atoms with van der Waals surface area (Å²) in [5.41, 5.74) is 1.73. The molecular weight excluding hydrogens is 341 g/mol. The van der Waals surface area contributed by atoms with E-state index in [4.69, 9.17) is 34.8 Å². The van der Waals surface area contributed by atoms with Crippen LogP contribution in [0.25, 0.3) is 0 Å². The number of piperidine rings is 1. The SMILES string of the molecule is O=C1CC(c2ccccc2Cl)NC(c2ccccc2Cl)C1Cl. The fraction of sp³-hybridized carbons (Fsp3) is 0.235. The average molecular weight is 355 g/mol. The molecule has 1 fully saturated rings. The van der Waals surface area contributed by atoms with E-state index in [2.05, 4.69) is 5.32 Å². The molecule has 0 aliphatic carbocycles. The Balaban J connectivity index is 1.96. The molecule has 114 valence electrons. The Morgan fingerprint density at radius 2 is 1.45 bits per heavy atom. The van der Waals surface area contributed by atoms with Crippen molar-refractivity contribution in [2.75, 3.05) is 0 Å². The molecule has 1 N–H and O–H groups in total. The van der Waals surface area contributed by atoms with E-state index in [1.807, 2.05) is 42.5 Å². The molecule has 0 aromatic heterocycles. The number of alkyl halides is 1. The summed E-state index contributed by atoms with van der Waals surface area (Å²) in [4.78, 5) is 12.3. The summed E-state index contributed by atoms with van der Waals surface area (Å²) in [7, 11) is 0. The van der Waals surface area contributed by atoms with Crippen LogP contribution in [0.1, 0.15) is 29.6 Å². The van der Waals surface area contributed by atoms with E-state index in [1.54, 1.807) is 6.07 Å². The first kappa shape index (κ1) is 15.8. The highest BCUT2D eigenvalue weighted by molar-refractivity contribution is 6.34. The minimum absolute atomic E-state index is 0.00439. The zero-order valence-corrected chi connectivity index (χ0v) is 13.9. The number of hydrogen-bond donors (Lipinski definition) is 1. The molecule has 0 saturated carbocycles. The highest BCUT2D eigenvalue weighted by Crippen LogP contribution is 2.38. The van der Waals surface area contributed by atoms with E-state index in [-0.39, 0.29) is 17.9 Å². The largest absolute Gasteiger partial charge is 0.301 e. The quantitative estimate of drug-likeness (QED) is 0.773. The number of ketones is 1. The monoisotopic (exact) mass is 353 g/mol. The van der Waals surface area contributed by atoms with E-state index < -0.39 is 5.38 Å². The van der Waals surface area contributed by atoms with Crippen LogP contribution in [-0.4, -0.2) is 11.2 Å². The van der Waals surface area contributed by atoms with E-state index in [0.29, 0.717) is 16.5 Å². The number of carbonyl (C=O) groups excluding carboxylic acids is 1. The second kappa shape index (κ2) is 6.59. The fourth-order valence-corrected chi connectivity index (χ4v) is 3.61. The van der Waals surface area contributed by atoms with E-state index in [0.717, 1.165) is 11.1 Å². The summed E-state index contributed by atoms with van der Waals surface area (Å²) in [6, 6.07) is 14.4. The molecule has 0 amide bonds. The second-order valence-electron chi connectivity index (χ2n) is 5.31. The molecule has 1 heterocycles. The van der Waals surface area contributed by atoms with Crippen molar-refractivity contribution in [3.63, 3.8) is 0 Å². The van der Waals surface area contributed by atoms with Gasteiger partial charge in [-0.3, -0.25) is 4.79 Å². The van der Waals surface area contributed by atoms with Gasteiger partial charge in [0.2, 0.25) is 0 Å². The molecule has 1 aliphatic rings. The molecule has 3 unspecified atom stereocenters. The number of hydrogen-bond acceptors (Lipinski definition) is 2. The van der Waals surface area contributed by atoms with Crippen molar-refractivity contribution >= 4 is 40.6 Å². The van der Waals surface area contributed by atoms with Crippen LogP contribution >= 0.6 is 34.8 Å². The van der Waals surface area contributed by atoms with Gasteiger partial charge in [-0.05, 0) is 23.3 Å². The summed E-state index contributed by atoms with van der Waals surface area (Å²) in [5, 5.41) is 4.02. The van der Waals surface area contributed by atoms with Gasteiger partial charge in [0.1, 0.15) is 5.38 Å². The smallest absolute Gasteiger partial charge is 0.154 e. The maximum Gasteiger partial charge on any atom is 0.154 e. The molecule has 5 heteroatoms. The van der Waals surface area contributed by atoms with Gasteiger partial charge in [-0.15, -0.1) is 11.6 Å². The van der Waals surface area contributed by atoms with E-state index in [1.165, 1.54) is 0 Å². The molecule has 22 heavy (non-hydrogen) atoms. The molecule has 1 saturated heterocycles. The van der Waals surface area contributed by atoms with Gasteiger partial charge in [0.25, 0.3) is 0 Å². The Labute approximate surface area is 144 Å². The third-order valence-corrected chi connectivity index (χ3v) is 5.09. The van der Waals surface area contributed by atoms with Crippen molar-refractivity contribution < 1.29 is 4.79 Å². The van der Waals surface area contributed by atoms with Crippen LogP contribution in [0.15, 0.2) is 48.5 Å². The Kier molecular flexibility index (Phi) is 4.74. The third kappa shape index (κ3) is 3.02. The topological polar surface area (TPSA) is 29.1 Å². The Morgan fingerprint density at radius 1 is 0.909 bits per heavy atom. The normalized spacial score (nSPS) is 25.2. The lowest BCUT2D eigenvalue weighted by Crippen LogP contribution is -2.43. The first-order valence-electron chi connectivity index (χ1n) is 6.99. The van der Waals surface area contributed by atoms with Crippen LogP contribution in [0.5, 0.6) is 0 Å². The number of rotatable bonds is 2. The van der Waals surface area contributed by atoms with Crippen molar-refractivity contribution in [1.82, 2.24) is 5.32 Å². The molecule has 3 rings (SSSR count). The molecule has 0 radical (unpaired) electrons. The number of halogens is 3. The first-order valence-corrected chi connectivity index (χ1v) is 8.19. The van der Waals surface area contributed by atoms with Gasteiger partial charge in [0, 0.05) is 22.5 Å². The number of Topliss-reactive ketones (excluding diaryl/α,β-unsaturated/α-hetero) is 1. The maximum absolute atomic E-state index is 12.3. The Bertz CT molecular complexity index is 704. The lowest BCUT2D eigenvalue weighted by Gasteiger charge is -2.35. The standard InChI is InChI=1S/C17H14Cl3NO/c18-12-7-3-1-5-10(12)14-9-15(22)16(20)17(21-14)11-6-2-4-8-13(11)19/h1-8,14,16-17,21H,9H2. The third-order valence-electron chi connectivity index (χ3n) is 3.91. The lowest BCUT2D eigenvalue weighted by atomic mass is 9.89. The van der Waals surface area contributed by atoms with Crippen LogP contribution < -0.4 is 5.32 Å². The van der Waals surface area contributed by atoms with Crippen LogP contribution in [-0.2, 0) is 4.79 Å². The molecule has 0 bridgehead atoms. The molecule has 2 aromatic rings. The second-order valence-corrected chi connectivity index (χ2v) is 6.60. The first-order chi connectivity index (χ1) is 10.6. The van der Waals surface area contributed by atoms with Gasteiger partial charge in [0.15, 0.2) is 5.78 Å². The highest BCUT2D eigenvalue weighted by atomic mass is 35.5. The van der Waals surface area contributed by atoms with Gasteiger partial charge in [-0.25, -0.2) is 0 Å². The Morgan fingerprint density at radius 3 is 2.05 bits per heavy atom. The predicted octanol–water partition coefficient (Wildman–Crippen LogP) is 4.95. The highest BCUT2D eigenvalue weighted by Gasteiger charge is 2.37. The zero-order valence-electron chi connectivity index (χ0n) is 11.6. The van der Waals surface area contributed by atoms with Gasteiger partial charge in [-0.1, -0.05) is 59.6 Å². The van der Waals surface area contributed by atoms with E-state index in [9.17, 15) is 4.79 Å². The number of benzene rings is 2. The molecule has 2 nitrogen and oxygen atoms in total. The van der Waals surface area contributed by atoms with Crippen molar-refractivity contribution in [3.05, 3.63) is 69.7 Å². The zero-order chi connectivity index (χ0) is 15.7. The molecule has 3 atom stereocenters.